The number of alkyl halides is 7. The highest BCUT2D eigenvalue weighted by Crippen LogP contribution is 2.31. The van der Waals surface area contributed by atoms with Gasteiger partial charge in [-0.05, 0) is 41.8 Å². The molecule has 2 aromatic carbocycles. The van der Waals surface area contributed by atoms with Crippen molar-refractivity contribution in [1.82, 2.24) is 9.80 Å². The highest BCUT2D eigenvalue weighted by atomic mass is 19.4. The Bertz CT molecular complexity index is 1060. The molecule has 0 aromatic heterocycles. The highest BCUT2D eigenvalue weighted by Gasteiger charge is 2.39. The number of urea groups is 1. The molecule has 1 aliphatic heterocycles. The lowest BCUT2D eigenvalue weighted by Gasteiger charge is -2.33. The number of barbiturate groups is 1. The number of carbonyl (C=O) groups excluding carboxylic acids is 3. The lowest BCUT2D eigenvalue weighted by atomic mass is 10.1. The average Bonchev–Trinajstić information content (AvgIpc) is 2.75. The SMILES string of the molecule is O=C1CC(=O)N(CC(F)c2ccc(C(F)(F)F)cc2)C(=O)N1CCc1ccc(C(F)(F)F)cc1. The number of amides is 4. The van der Waals surface area contributed by atoms with Crippen LogP contribution in [0.1, 0.15) is 34.8 Å². The number of hydrogen-bond acceptors (Lipinski definition) is 3. The second-order valence-corrected chi connectivity index (χ2v) is 7.54. The molecule has 0 spiro atoms. The van der Waals surface area contributed by atoms with Gasteiger partial charge in [0.2, 0.25) is 11.8 Å². The molecule has 0 bridgehead atoms. The third-order valence-corrected chi connectivity index (χ3v) is 5.21. The molecule has 1 heterocycles. The Morgan fingerprint density at radius 1 is 0.735 bits per heavy atom. The second kappa shape index (κ2) is 9.43. The summed E-state index contributed by atoms with van der Waals surface area (Å²) in [5.74, 6) is -1.81. The minimum Gasteiger partial charge on any atom is -0.274 e. The molecular weight excluding hydrogens is 473 g/mol. The Labute approximate surface area is 188 Å². The highest BCUT2D eigenvalue weighted by molar-refractivity contribution is 6.14. The van der Waals surface area contributed by atoms with Gasteiger partial charge >= 0.3 is 18.4 Å². The molecule has 0 saturated carbocycles. The van der Waals surface area contributed by atoms with Gasteiger partial charge in [-0.15, -0.1) is 0 Å². The molecule has 1 atom stereocenters. The minimum atomic E-state index is -4.61. The molecule has 12 heteroatoms. The zero-order chi connectivity index (χ0) is 25.3. The van der Waals surface area contributed by atoms with Gasteiger partial charge in [-0.25, -0.2) is 9.18 Å². The van der Waals surface area contributed by atoms with Crippen LogP contribution in [0.2, 0.25) is 0 Å². The summed E-state index contributed by atoms with van der Waals surface area (Å²) < 4.78 is 90.7. The van der Waals surface area contributed by atoms with E-state index in [9.17, 15) is 45.1 Å². The van der Waals surface area contributed by atoms with Crippen molar-refractivity contribution in [1.29, 1.82) is 0 Å². The minimum absolute atomic E-state index is 0.00436. The third kappa shape index (κ3) is 5.72. The molecule has 34 heavy (non-hydrogen) atoms. The predicted molar refractivity (Wildman–Crippen MR) is 104 cm³/mol. The van der Waals surface area contributed by atoms with Gasteiger partial charge in [0.25, 0.3) is 0 Å². The van der Waals surface area contributed by atoms with Gasteiger partial charge in [-0.1, -0.05) is 24.3 Å². The van der Waals surface area contributed by atoms with Crippen LogP contribution < -0.4 is 0 Å². The summed E-state index contributed by atoms with van der Waals surface area (Å²) in [6, 6.07) is 6.08. The number of hydrogen-bond donors (Lipinski definition) is 0. The zero-order valence-electron chi connectivity index (χ0n) is 17.3. The standard InChI is InChI=1S/C22H17F7N2O3/c23-17(14-3-7-16(8-4-14)22(27,28)29)12-31-19(33)11-18(32)30(20(31)34)10-9-13-1-5-15(6-2-13)21(24,25)26/h1-8,17H,9-12H2. The van der Waals surface area contributed by atoms with Crippen molar-refractivity contribution < 1.29 is 45.1 Å². The second-order valence-electron chi connectivity index (χ2n) is 7.54. The Hall–Kier alpha value is -3.44. The number of benzene rings is 2. The number of rotatable bonds is 6. The van der Waals surface area contributed by atoms with E-state index in [-0.39, 0.29) is 18.5 Å². The summed E-state index contributed by atoms with van der Waals surface area (Å²) in [6.45, 7) is -1.07. The van der Waals surface area contributed by atoms with Crippen molar-refractivity contribution in [3.05, 3.63) is 70.8 Å². The van der Waals surface area contributed by atoms with Crippen LogP contribution >= 0.6 is 0 Å². The summed E-state index contributed by atoms with van der Waals surface area (Å²) in [5, 5.41) is 0. The molecule has 0 aliphatic carbocycles. The van der Waals surface area contributed by atoms with Crippen molar-refractivity contribution in [2.45, 2.75) is 31.4 Å². The van der Waals surface area contributed by atoms with Gasteiger partial charge < -0.3 is 0 Å². The van der Waals surface area contributed by atoms with Gasteiger partial charge in [0.1, 0.15) is 12.6 Å². The van der Waals surface area contributed by atoms with Gasteiger partial charge in [0.15, 0.2) is 0 Å². The summed E-state index contributed by atoms with van der Waals surface area (Å²) in [6.07, 6.45) is -11.9. The Kier molecular flexibility index (Phi) is 6.99. The first-order chi connectivity index (χ1) is 15.8. The van der Waals surface area contributed by atoms with E-state index in [0.29, 0.717) is 27.5 Å². The predicted octanol–water partition coefficient (Wildman–Crippen LogP) is 5.16. The fraction of sp³-hybridized carbons (Fsp3) is 0.318. The van der Waals surface area contributed by atoms with E-state index in [4.69, 9.17) is 0 Å². The van der Waals surface area contributed by atoms with E-state index in [2.05, 4.69) is 0 Å². The van der Waals surface area contributed by atoms with Crippen molar-refractivity contribution in [3.63, 3.8) is 0 Å². The third-order valence-electron chi connectivity index (χ3n) is 5.21. The van der Waals surface area contributed by atoms with Crippen molar-refractivity contribution >= 4 is 17.8 Å². The molecule has 1 unspecified atom stereocenters. The van der Waals surface area contributed by atoms with Crippen LogP contribution in [0.25, 0.3) is 0 Å². The van der Waals surface area contributed by atoms with Crippen LogP contribution in [0, 0.1) is 0 Å². The molecule has 1 aliphatic rings. The molecule has 1 saturated heterocycles. The van der Waals surface area contributed by atoms with Gasteiger partial charge in [-0.2, -0.15) is 26.3 Å². The van der Waals surface area contributed by atoms with Crippen LogP contribution in [0.4, 0.5) is 35.5 Å². The Balaban J connectivity index is 1.67. The number of carbonyl (C=O) groups is 3. The van der Waals surface area contributed by atoms with Crippen molar-refractivity contribution in [2.75, 3.05) is 13.1 Å². The van der Waals surface area contributed by atoms with E-state index in [1.165, 1.54) is 12.1 Å². The van der Waals surface area contributed by atoms with Crippen LogP contribution in [0.15, 0.2) is 48.5 Å². The van der Waals surface area contributed by atoms with Gasteiger partial charge in [0, 0.05) is 6.54 Å². The smallest absolute Gasteiger partial charge is 0.274 e. The number of halogens is 7. The van der Waals surface area contributed by atoms with Gasteiger partial charge in [-0.3, -0.25) is 19.4 Å². The Morgan fingerprint density at radius 3 is 1.71 bits per heavy atom. The summed E-state index contributed by atoms with van der Waals surface area (Å²) in [4.78, 5) is 38.2. The number of nitrogens with zero attached hydrogens (tertiary/aromatic N) is 2. The van der Waals surface area contributed by atoms with E-state index in [1.807, 2.05) is 0 Å². The molecule has 0 N–H and O–H groups in total. The fourth-order valence-electron chi connectivity index (χ4n) is 3.33. The maximum atomic E-state index is 14.7. The monoisotopic (exact) mass is 490 g/mol. The van der Waals surface area contributed by atoms with Crippen molar-refractivity contribution in [2.24, 2.45) is 0 Å². The van der Waals surface area contributed by atoms with Crippen LogP contribution in [-0.2, 0) is 28.4 Å². The van der Waals surface area contributed by atoms with E-state index in [0.717, 1.165) is 24.3 Å². The Morgan fingerprint density at radius 2 is 1.21 bits per heavy atom. The molecule has 4 amide bonds. The molecule has 182 valence electrons. The first-order valence-electron chi connectivity index (χ1n) is 9.89. The first-order valence-corrected chi connectivity index (χ1v) is 9.89. The topological polar surface area (TPSA) is 57.7 Å². The van der Waals surface area contributed by atoms with E-state index < -0.39 is 60.5 Å². The molecule has 5 nitrogen and oxygen atoms in total. The maximum absolute atomic E-state index is 14.7. The van der Waals surface area contributed by atoms with E-state index in [1.54, 1.807) is 0 Å². The molecule has 1 fully saturated rings. The molecule has 3 rings (SSSR count). The lowest BCUT2D eigenvalue weighted by molar-refractivity contribution is -0.143. The van der Waals surface area contributed by atoms with E-state index >= 15 is 0 Å². The van der Waals surface area contributed by atoms with Crippen LogP contribution in [0.5, 0.6) is 0 Å². The zero-order valence-corrected chi connectivity index (χ0v) is 17.3. The normalized spacial score (nSPS) is 16.3. The quantitative estimate of drug-likeness (QED) is 0.415. The average molecular weight is 490 g/mol. The largest absolute Gasteiger partial charge is 0.416 e. The van der Waals surface area contributed by atoms with Crippen LogP contribution in [-0.4, -0.2) is 40.7 Å². The molecule has 0 radical (unpaired) electrons. The summed E-state index contributed by atoms with van der Waals surface area (Å²) in [5.41, 5.74) is -1.66. The molecular formula is C22H17F7N2O3. The number of imide groups is 2. The summed E-state index contributed by atoms with van der Waals surface area (Å²) in [7, 11) is 0. The van der Waals surface area contributed by atoms with Crippen molar-refractivity contribution in [3.8, 4) is 0 Å². The lowest BCUT2D eigenvalue weighted by Crippen LogP contribution is -2.56. The summed E-state index contributed by atoms with van der Waals surface area (Å²) >= 11 is 0. The first kappa shape index (κ1) is 25.2. The molecule has 2 aromatic rings. The van der Waals surface area contributed by atoms with Crippen LogP contribution in [0.3, 0.4) is 0 Å². The fourth-order valence-corrected chi connectivity index (χ4v) is 3.33. The maximum Gasteiger partial charge on any atom is 0.416 e. The van der Waals surface area contributed by atoms with Gasteiger partial charge in [0.05, 0.1) is 17.7 Å².